The molecule has 2 aromatic heterocycles. The van der Waals surface area contributed by atoms with Gasteiger partial charge in [-0.3, -0.25) is 0 Å². The molecule has 1 unspecified atom stereocenters. The van der Waals surface area contributed by atoms with Gasteiger partial charge in [0, 0.05) is 11.3 Å². The molecule has 3 rings (SSSR count). The van der Waals surface area contributed by atoms with Crippen LogP contribution in [0.25, 0.3) is 10.2 Å². The van der Waals surface area contributed by atoms with Crippen molar-refractivity contribution in [2.24, 2.45) is 5.73 Å². The second-order valence-electron chi connectivity index (χ2n) is 4.04. The van der Waals surface area contributed by atoms with E-state index in [1.165, 1.54) is 9.58 Å². The van der Waals surface area contributed by atoms with Gasteiger partial charge in [-0.25, -0.2) is 4.98 Å². The van der Waals surface area contributed by atoms with E-state index in [-0.39, 0.29) is 6.04 Å². The number of hydrogen-bond donors (Lipinski definition) is 1. The van der Waals surface area contributed by atoms with Crippen molar-refractivity contribution in [3.05, 3.63) is 50.1 Å². The van der Waals surface area contributed by atoms with Crippen LogP contribution >= 0.6 is 38.6 Å². The van der Waals surface area contributed by atoms with Gasteiger partial charge < -0.3 is 5.73 Å². The second-order valence-corrected chi connectivity index (χ2v) is 7.65. The summed E-state index contributed by atoms with van der Waals surface area (Å²) in [4.78, 5) is 5.89. The van der Waals surface area contributed by atoms with Crippen LogP contribution in [0.4, 0.5) is 0 Å². The van der Waals surface area contributed by atoms with Crippen LogP contribution in [0.5, 0.6) is 0 Å². The van der Waals surface area contributed by atoms with Crippen molar-refractivity contribution in [3.8, 4) is 0 Å². The second kappa shape index (κ2) is 5.09. The molecule has 2 nitrogen and oxygen atoms in total. The first-order valence-electron chi connectivity index (χ1n) is 5.57. The first-order valence-corrected chi connectivity index (χ1v) is 8.00. The molecular formula is C13H11BrN2S2. The zero-order chi connectivity index (χ0) is 12.5. The first kappa shape index (κ1) is 12.3. The van der Waals surface area contributed by atoms with E-state index >= 15 is 0 Å². The number of nitrogens with zero attached hydrogens (tertiary/aromatic N) is 1. The van der Waals surface area contributed by atoms with Gasteiger partial charge in [-0.1, -0.05) is 12.1 Å². The number of aromatic nitrogens is 1. The Bertz CT molecular complexity index is 641. The van der Waals surface area contributed by atoms with Gasteiger partial charge in [0.05, 0.1) is 20.0 Å². The number of nitrogens with two attached hydrogens (primary N) is 1. The highest BCUT2D eigenvalue weighted by Crippen LogP contribution is 2.29. The molecule has 2 N–H and O–H groups in total. The zero-order valence-corrected chi connectivity index (χ0v) is 12.7. The van der Waals surface area contributed by atoms with E-state index < -0.39 is 0 Å². The maximum absolute atomic E-state index is 6.24. The van der Waals surface area contributed by atoms with Crippen LogP contribution in [0.15, 0.2) is 40.2 Å². The topological polar surface area (TPSA) is 38.9 Å². The Labute approximate surface area is 122 Å². The lowest BCUT2D eigenvalue weighted by Crippen LogP contribution is -2.12. The van der Waals surface area contributed by atoms with Gasteiger partial charge >= 0.3 is 0 Å². The molecule has 0 radical (unpaired) electrons. The summed E-state index contributed by atoms with van der Waals surface area (Å²) in [5.41, 5.74) is 7.28. The van der Waals surface area contributed by atoms with Gasteiger partial charge in [0.25, 0.3) is 0 Å². The monoisotopic (exact) mass is 338 g/mol. The molecule has 0 amide bonds. The summed E-state index contributed by atoms with van der Waals surface area (Å²) >= 11 is 6.89. The number of rotatable bonds is 3. The summed E-state index contributed by atoms with van der Waals surface area (Å²) in [5.74, 6) is 0. The molecule has 0 bridgehead atoms. The number of thiophene rings is 1. The zero-order valence-electron chi connectivity index (χ0n) is 9.47. The fraction of sp³-hybridized carbons (Fsp3) is 0.154. The molecule has 92 valence electrons. The molecule has 18 heavy (non-hydrogen) atoms. The fourth-order valence-electron chi connectivity index (χ4n) is 1.81. The van der Waals surface area contributed by atoms with Crippen LogP contribution in [0.2, 0.25) is 0 Å². The average molecular weight is 339 g/mol. The molecule has 5 heteroatoms. The van der Waals surface area contributed by atoms with Crippen molar-refractivity contribution in [3.63, 3.8) is 0 Å². The Balaban J connectivity index is 1.85. The van der Waals surface area contributed by atoms with Crippen LogP contribution in [-0.4, -0.2) is 4.98 Å². The van der Waals surface area contributed by atoms with Crippen LogP contribution in [0.1, 0.15) is 15.9 Å². The molecule has 1 aromatic carbocycles. The van der Waals surface area contributed by atoms with Crippen molar-refractivity contribution in [1.29, 1.82) is 0 Å². The van der Waals surface area contributed by atoms with E-state index in [0.717, 1.165) is 20.7 Å². The Morgan fingerprint density at radius 3 is 2.72 bits per heavy atom. The molecule has 0 aliphatic heterocycles. The summed E-state index contributed by atoms with van der Waals surface area (Å²) in [7, 11) is 0. The summed E-state index contributed by atoms with van der Waals surface area (Å²) in [6, 6.07) is 12.3. The van der Waals surface area contributed by atoms with Crippen LogP contribution in [-0.2, 0) is 6.42 Å². The quantitative estimate of drug-likeness (QED) is 0.770. The van der Waals surface area contributed by atoms with E-state index in [1.54, 1.807) is 22.7 Å². The molecule has 0 spiro atoms. The summed E-state index contributed by atoms with van der Waals surface area (Å²) < 4.78 is 2.35. The normalized spacial score (nSPS) is 13.0. The minimum absolute atomic E-state index is 0.0204. The van der Waals surface area contributed by atoms with Crippen LogP contribution in [0, 0.1) is 0 Å². The maximum Gasteiger partial charge on any atom is 0.111 e. The summed E-state index contributed by atoms with van der Waals surface area (Å²) in [6.45, 7) is 0. The van der Waals surface area contributed by atoms with Gasteiger partial charge in [0.2, 0.25) is 0 Å². The Morgan fingerprint density at radius 1 is 1.17 bits per heavy atom. The fourth-order valence-corrected chi connectivity index (χ4v) is 4.32. The molecule has 1 atom stereocenters. The summed E-state index contributed by atoms with van der Waals surface area (Å²) in [5, 5.41) is 1.01. The molecule has 3 aromatic rings. The van der Waals surface area contributed by atoms with Gasteiger partial charge in [0.15, 0.2) is 0 Å². The maximum atomic E-state index is 6.24. The minimum Gasteiger partial charge on any atom is -0.322 e. The number of halogens is 1. The Morgan fingerprint density at radius 2 is 2.00 bits per heavy atom. The molecule has 0 aliphatic carbocycles. The van der Waals surface area contributed by atoms with Crippen molar-refractivity contribution in [2.75, 3.05) is 0 Å². The average Bonchev–Trinajstić information content (AvgIpc) is 2.95. The smallest absolute Gasteiger partial charge is 0.111 e. The number of benzene rings is 1. The SMILES string of the molecule is NC(Cc1ccc(Br)s1)c1nc2ccccc2s1. The number of para-hydroxylation sites is 1. The highest BCUT2D eigenvalue weighted by atomic mass is 79.9. The molecular weight excluding hydrogens is 328 g/mol. The van der Waals surface area contributed by atoms with E-state index in [1.807, 2.05) is 18.2 Å². The molecule has 0 saturated carbocycles. The first-order chi connectivity index (χ1) is 8.72. The van der Waals surface area contributed by atoms with Gasteiger partial charge in [-0.15, -0.1) is 22.7 Å². The Kier molecular flexibility index (Phi) is 3.48. The van der Waals surface area contributed by atoms with Gasteiger partial charge in [-0.05, 0) is 40.2 Å². The van der Waals surface area contributed by atoms with Gasteiger partial charge in [-0.2, -0.15) is 0 Å². The van der Waals surface area contributed by atoms with Crippen molar-refractivity contribution in [1.82, 2.24) is 4.98 Å². The minimum atomic E-state index is -0.0204. The van der Waals surface area contributed by atoms with Crippen LogP contribution in [0.3, 0.4) is 0 Å². The third kappa shape index (κ3) is 2.49. The van der Waals surface area contributed by atoms with E-state index in [2.05, 4.69) is 39.1 Å². The van der Waals surface area contributed by atoms with Crippen molar-refractivity contribution >= 4 is 48.8 Å². The number of thiazole rings is 1. The molecule has 0 fully saturated rings. The predicted octanol–water partition coefficient (Wildman–Crippen LogP) is 4.36. The van der Waals surface area contributed by atoms with Crippen molar-refractivity contribution < 1.29 is 0 Å². The summed E-state index contributed by atoms with van der Waals surface area (Å²) in [6.07, 6.45) is 0.843. The largest absolute Gasteiger partial charge is 0.322 e. The van der Waals surface area contributed by atoms with Crippen molar-refractivity contribution in [2.45, 2.75) is 12.5 Å². The van der Waals surface area contributed by atoms with E-state index in [9.17, 15) is 0 Å². The molecule has 0 saturated heterocycles. The third-order valence-electron chi connectivity index (χ3n) is 2.68. The lowest BCUT2D eigenvalue weighted by atomic mass is 10.2. The number of hydrogen-bond acceptors (Lipinski definition) is 4. The highest BCUT2D eigenvalue weighted by molar-refractivity contribution is 9.11. The predicted molar refractivity (Wildman–Crippen MR) is 82.3 cm³/mol. The van der Waals surface area contributed by atoms with Crippen LogP contribution < -0.4 is 5.73 Å². The molecule has 2 heterocycles. The lowest BCUT2D eigenvalue weighted by Gasteiger charge is -2.05. The van der Waals surface area contributed by atoms with Gasteiger partial charge in [0.1, 0.15) is 5.01 Å². The third-order valence-corrected chi connectivity index (χ3v) is 5.49. The lowest BCUT2D eigenvalue weighted by molar-refractivity contribution is 0.725. The van der Waals surface area contributed by atoms with E-state index in [4.69, 9.17) is 5.73 Å². The molecule has 0 aliphatic rings. The highest BCUT2D eigenvalue weighted by Gasteiger charge is 2.13. The standard InChI is InChI=1S/C13H11BrN2S2/c14-12-6-5-8(17-12)7-9(15)13-16-10-3-1-2-4-11(10)18-13/h1-6,9H,7,15H2. The Hall–Kier alpha value is -0.750. The number of fused-ring (bicyclic) bond motifs is 1. The van der Waals surface area contributed by atoms with E-state index in [0.29, 0.717) is 0 Å².